The number of aliphatic hydroxyl groups excluding tert-OH is 1. The van der Waals surface area contributed by atoms with Crippen LogP contribution in [0.1, 0.15) is 106 Å². The lowest BCUT2D eigenvalue weighted by Gasteiger charge is -2.58. The van der Waals surface area contributed by atoms with Crippen LogP contribution in [0.4, 0.5) is 0 Å². The molecule has 1 fully saturated rings. The van der Waals surface area contributed by atoms with Crippen molar-refractivity contribution in [1.82, 2.24) is 0 Å². The zero-order valence-electron chi connectivity index (χ0n) is 20.9. The van der Waals surface area contributed by atoms with Crippen LogP contribution in [-0.2, 0) is 0 Å². The van der Waals surface area contributed by atoms with E-state index in [1.807, 2.05) is 0 Å². The normalized spacial score (nSPS) is 41.2. The molecule has 4 rings (SSSR count). The van der Waals surface area contributed by atoms with Gasteiger partial charge in [-0.1, -0.05) is 73.3 Å². The van der Waals surface area contributed by atoms with Gasteiger partial charge in [0.25, 0.3) is 0 Å². The fraction of sp³-hybridized carbons (Fsp3) is 0.893. The van der Waals surface area contributed by atoms with Crippen molar-refractivity contribution in [2.24, 2.45) is 44.9 Å². The Morgan fingerprint density at radius 1 is 0.967 bits per heavy atom. The largest absolute Gasteiger partial charge is 0.393 e. The van der Waals surface area contributed by atoms with Crippen molar-refractivity contribution in [1.29, 1.82) is 0 Å². The van der Waals surface area contributed by atoms with E-state index in [2.05, 4.69) is 48.5 Å². The molecule has 4 aliphatic rings. The van der Waals surface area contributed by atoms with Crippen molar-refractivity contribution >= 4 is 5.71 Å². The maximum absolute atomic E-state index is 10.7. The van der Waals surface area contributed by atoms with E-state index in [4.69, 9.17) is 4.99 Å². The minimum absolute atomic E-state index is 0.0250. The molecule has 1 saturated carbocycles. The standard InChI is InChI=1S/C28H47NO/c1-18(2)9-8-10-19(3)22-17-29-25-20-11-12-23-26(4,5)24(30)14-16-27(23,6)21(20)13-15-28(22,25)7/h18-19,22-24,30H,8-17H2,1-7H3/t19-,22-,23+,24+,27-,28-/m1/s1. The average molecular weight is 414 g/mol. The van der Waals surface area contributed by atoms with Crippen LogP contribution < -0.4 is 0 Å². The minimum Gasteiger partial charge on any atom is -0.393 e. The number of allylic oxidation sites excluding steroid dienone is 2. The summed E-state index contributed by atoms with van der Waals surface area (Å²) in [5.74, 6) is 2.92. The van der Waals surface area contributed by atoms with Gasteiger partial charge in [0.2, 0.25) is 0 Å². The second kappa shape index (κ2) is 7.75. The third kappa shape index (κ3) is 3.35. The van der Waals surface area contributed by atoms with Crippen LogP contribution in [0.15, 0.2) is 16.1 Å². The highest BCUT2D eigenvalue weighted by Gasteiger charge is 2.58. The Kier molecular flexibility index (Phi) is 5.83. The summed E-state index contributed by atoms with van der Waals surface area (Å²) >= 11 is 0. The maximum Gasteiger partial charge on any atom is 0.0594 e. The molecule has 0 saturated heterocycles. The summed E-state index contributed by atoms with van der Waals surface area (Å²) in [5.41, 5.74) is 5.49. The summed E-state index contributed by atoms with van der Waals surface area (Å²) in [6.07, 6.45) is 11.0. The molecule has 6 atom stereocenters. The quantitative estimate of drug-likeness (QED) is 0.507. The molecule has 2 heteroatoms. The topological polar surface area (TPSA) is 32.6 Å². The van der Waals surface area contributed by atoms with Gasteiger partial charge in [0.15, 0.2) is 0 Å². The van der Waals surface area contributed by atoms with E-state index < -0.39 is 0 Å². The van der Waals surface area contributed by atoms with Crippen LogP contribution in [0.3, 0.4) is 0 Å². The number of aliphatic imine (C=N–C) groups is 1. The molecule has 3 aliphatic carbocycles. The number of aliphatic hydroxyl groups is 1. The molecule has 30 heavy (non-hydrogen) atoms. The lowest BCUT2D eigenvalue weighted by Crippen LogP contribution is -2.54. The molecule has 0 radical (unpaired) electrons. The van der Waals surface area contributed by atoms with Crippen LogP contribution >= 0.6 is 0 Å². The predicted octanol–water partition coefficient (Wildman–Crippen LogP) is 7.21. The number of hydrogen-bond donors (Lipinski definition) is 1. The van der Waals surface area contributed by atoms with E-state index in [0.717, 1.165) is 37.1 Å². The molecule has 0 aromatic carbocycles. The first kappa shape index (κ1) is 22.6. The summed E-state index contributed by atoms with van der Waals surface area (Å²) in [6, 6.07) is 0. The van der Waals surface area contributed by atoms with Crippen LogP contribution in [-0.4, -0.2) is 23.5 Å². The van der Waals surface area contributed by atoms with Gasteiger partial charge < -0.3 is 5.11 Å². The first-order valence-corrected chi connectivity index (χ1v) is 13.0. The predicted molar refractivity (Wildman–Crippen MR) is 128 cm³/mol. The Morgan fingerprint density at radius 2 is 1.70 bits per heavy atom. The van der Waals surface area contributed by atoms with Gasteiger partial charge in [0.05, 0.1) is 6.10 Å². The Labute approximate surface area is 186 Å². The molecule has 1 aliphatic heterocycles. The highest BCUT2D eigenvalue weighted by molar-refractivity contribution is 6.07. The highest BCUT2D eigenvalue weighted by Crippen LogP contribution is 2.64. The summed E-state index contributed by atoms with van der Waals surface area (Å²) < 4.78 is 0. The van der Waals surface area contributed by atoms with Crippen LogP contribution in [0, 0.1) is 39.9 Å². The zero-order chi connectivity index (χ0) is 21.9. The Bertz CT molecular complexity index is 731. The van der Waals surface area contributed by atoms with Gasteiger partial charge in [-0.05, 0) is 78.6 Å². The summed E-state index contributed by atoms with van der Waals surface area (Å²) in [5, 5.41) is 10.7. The zero-order valence-corrected chi connectivity index (χ0v) is 20.9. The van der Waals surface area contributed by atoms with Gasteiger partial charge in [0.1, 0.15) is 0 Å². The van der Waals surface area contributed by atoms with Gasteiger partial charge in [-0.15, -0.1) is 0 Å². The molecule has 1 N–H and O–H groups in total. The van der Waals surface area contributed by atoms with Crippen LogP contribution in [0.25, 0.3) is 0 Å². The Hall–Kier alpha value is -0.630. The third-order valence-electron chi connectivity index (χ3n) is 10.3. The third-order valence-corrected chi connectivity index (χ3v) is 10.3. The second-order valence-electron chi connectivity index (χ2n) is 12.9. The van der Waals surface area contributed by atoms with Crippen molar-refractivity contribution in [2.45, 2.75) is 112 Å². The lowest BCUT2D eigenvalue weighted by molar-refractivity contribution is -0.0897. The van der Waals surface area contributed by atoms with E-state index in [0.29, 0.717) is 11.3 Å². The molecule has 0 spiro atoms. The molecule has 2 nitrogen and oxygen atoms in total. The van der Waals surface area contributed by atoms with Gasteiger partial charge in [0, 0.05) is 17.7 Å². The molecular weight excluding hydrogens is 366 g/mol. The molecule has 0 aromatic rings. The van der Waals surface area contributed by atoms with E-state index >= 15 is 0 Å². The van der Waals surface area contributed by atoms with Crippen molar-refractivity contribution in [3.05, 3.63) is 11.1 Å². The van der Waals surface area contributed by atoms with Crippen molar-refractivity contribution in [3.63, 3.8) is 0 Å². The Balaban J connectivity index is 1.58. The van der Waals surface area contributed by atoms with Gasteiger partial charge in [-0.2, -0.15) is 0 Å². The van der Waals surface area contributed by atoms with Crippen LogP contribution in [0.2, 0.25) is 0 Å². The van der Waals surface area contributed by atoms with E-state index in [1.54, 1.807) is 11.1 Å². The summed E-state index contributed by atoms with van der Waals surface area (Å²) in [6.45, 7) is 18.0. The number of nitrogens with zero attached hydrogens (tertiary/aromatic N) is 1. The fourth-order valence-corrected chi connectivity index (χ4v) is 8.30. The smallest absolute Gasteiger partial charge is 0.0594 e. The van der Waals surface area contributed by atoms with E-state index in [1.165, 1.54) is 50.7 Å². The minimum atomic E-state index is -0.147. The van der Waals surface area contributed by atoms with E-state index in [9.17, 15) is 5.11 Å². The van der Waals surface area contributed by atoms with E-state index in [-0.39, 0.29) is 16.9 Å². The molecular formula is C28H47NO. The first-order chi connectivity index (χ1) is 14.0. The van der Waals surface area contributed by atoms with Crippen molar-refractivity contribution in [2.75, 3.05) is 6.54 Å². The molecule has 170 valence electrons. The monoisotopic (exact) mass is 413 g/mol. The highest BCUT2D eigenvalue weighted by atomic mass is 16.3. The van der Waals surface area contributed by atoms with Crippen LogP contribution in [0.5, 0.6) is 0 Å². The fourth-order valence-electron chi connectivity index (χ4n) is 8.30. The summed E-state index contributed by atoms with van der Waals surface area (Å²) in [7, 11) is 0. The maximum atomic E-state index is 10.7. The molecule has 0 unspecified atom stereocenters. The molecule has 1 heterocycles. The molecule has 0 bridgehead atoms. The van der Waals surface area contributed by atoms with Gasteiger partial charge in [-0.3, -0.25) is 4.99 Å². The number of rotatable bonds is 5. The first-order valence-electron chi connectivity index (χ1n) is 13.0. The second-order valence-corrected chi connectivity index (χ2v) is 12.9. The van der Waals surface area contributed by atoms with Crippen molar-refractivity contribution < 1.29 is 5.11 Å². The SMILES string of the molecule is CC(C)CCC[C@@H](C)[C@H]1CN=C2C3=C(CC[C@@]21C)[C@@]1(C)CC[C@H](O)C(C)(C)[C@@H]1CC3. The molecule has 0 amide bonds. The summed E-state index contributed by atoms with van der Waals surface area (Å²) in [4.78, 5) is 5.29. The number of fused-ring (bicyclic) bond motifs is 4. The van der Waals surface area contributed by atoms with Crippen molar-refractivity contribution in [3.8, 4) is 0 Å². The lowest BCUT2D eigenvalue weighted by atomic mass is 9.46. The average Bonchev–Trinajstić information content (AvgIpc) is 3.02. The van der Waals surface area contributed by atoms with Gasteiger partial charge in [-0.25, -0.2) is 0 Å². The van der Waals surface area contributed by atoms with Gasteiger partial charge >= 0.3 is 0 Å². The Morgan fingerprint density at radius 3 is 2.40 bits per heavy atom. The number of hydrogen-bond acceptors (Lipinski definition) is 2. The molecule has 0 aromatic heterocycles.